The Morgan fingerprint density at radius 3 is 2.43 bits per heavy atom. The average Bonchev–Trinajstić information content (AvgIpc) is 2.47. The maximum absolute atomic E-state index is 10.8. The van der Waals surface area contributed by atoms with Crippen molar-refractivity contribution in [2.75, 3.05) is 0 Å². The van der Waals surface area contributed by atoms with Gasteiger partial charge >= 0.3 is 21.2 Å². The number of hydrogen-bond donors (Lipinski definition) is 0. The normalized spacial score (nSPS) is 9.95. The Balaban J connectivity index is 0.00000220. The summed E-state index contributed by atoms with van der Waals surface area (Å²) in [5.74, 6) is 0. The number of hydrogen-bond acceptors (Lipinski definition) is 2. The van der Waals surface area contributed by atoms with E-state index in [0.717, 1.165) is 9.99 Å². The van der Waals surface area contributed by atoms with Crippen LogP contribution in [-0.4, -0.2) is 4.92 Å². The number of nitro benzene ring substituents is 1. The molecule has 0 saturated heterocycles. The molecule has 0 heterocycles. The summed E-state index contributed by atoms with van der Waals surface area (Å²) < 4.78 is 2.38. The second-order valence-electron chi connectivity index (χ2n) is 4.56. The molecule has 2 rings (SSSR count). The van der Waals surface area contributed by atoms with Gasteiger partial charge in [-0.3, -0.25) is 10.1 Å². The van der Waals surface area contributed by atoms with Gasteiger partial charge in [0.1, 0.15) is 0 Å². The number of nitrogens with zero attached hydrogens (tertiary/aromatic N) is 1. The predicted molar refractivity (Wildman–Crippen MR) is 75.5 cm³/mol. The third kappa shape index (κ3) is 5.63. The lowest BCUT2D eigenvalue weighted by Crippen LogP contribution is -3.61. The van der Waals surface area contributed by atoms with Crippen molar-refractivity contribution >= 4 is 5.69 Å². The quantitative estimate of drug-likeness (QED) is 0.312. The molecular formula is C16H17ClINO2. The average molecular weight is 418 g/mol. The summed E-state index contributed by atoms with van der Waals surface area (Å²) >= 11 is -0.344. The summed E-state index contributed by atoms with van der Waals surface area (Å²) in [6.07, 6.45) is 3.56. The Bertz CT molecular complexity index is 587. The highest BCUT2D eigenvalue weighted by molar-refractivity contribution is 5.28. The van der Waals surface area contributed by atoms with Crippen LogP contribution in [0.15, 0.2) is 48.5 Å². The minimum absolute atomic E-state index is 0. The molecule has 112 valence electrons. The summed E-state index contributed by atoms with van der Waals surface area (Å²) in [4.78, 5) is 10.4. The zero-order chi connectivity index (χ0) is 14.4. The Labute approximate surface area is 141 Å². The van der Waals surface area contributed by atoms with Gasteiger partial charge in [-0.2, -0.15) is 0 Å². The van der Waals surface area contributed by atoms with E-state index in [1.54, 1.807) is 18.2 Å². The first kappa shape index (κ1) is 17.9. The molecule has 0 aliphatic carbocycles. The molecule has 0 amide bonds. The Kier molecular flexibility index (Phi) is 7.67. The molecule has 0 atom stereocenters. The topological polar surface area (TPSA) is 43.1 Å². The van der Waals surface area contributed by atoms with Crippen LogP contribution in [0.1, 0.15) is 25.3 Å². The molecule has 3 nitrogen and oxygen atoms in total. The molecule has 0 bridgehead atoms. The molecular weight excluding hydrogens is 401 g/mol. The number of aryl methyl sites for hydroxylation is 1. The van der Waals surface area contributed by atoms with Gasteiger partial charge in [-0.1, -0.05) is 31.5 Å². The standard InChI is InChI=1S/C16H17INO2.ClH/c1-2-3-5-13-8-10-14(11-9-13)17-15-6-4-7-16(12-15)18(19)20;/h4,6-12H,2-3,5H2,1H3;1H/q+1;/p-1. The maximum Gasteiger partial charge on any atom is 0.358 e. The second-order valence-corrected chi connectivity index (χ2v) is 7.59. The van der Waals surface area contributed by atoms with E-state index in [9.17, 15) is 10.1 Å². The highest BCUT2D eigenvalue weighted by Crippen LogP contribution is 2.08. The number of non-ortho nitro benzene ring substituents is 1. The van der Waals surface area contributed by atoms with Crippen molar-refractivity contribution in [3.05, 3.63) is 71.3 Å². The zero-order valence-electron chi connectivity index (χ0n) is 11.8. The fourth-order valence-electron chi connectivity index (χ4n) is 1.87. The Hall–Kier alpha value is -1.14. The van der Waals surface area contributed by atoms with E-state index >= 15 is 0 Å². The minimum Gasteiger partial charge on any atom is -1.00 e. The molecule has 0 aromatic heterocycles. The number of nitro groups is 1. The molecule has 0 unspecified atom stereocenters. The van der Waals surface area contributed by atoms with Crippen molar-refractivity contribution in [1.29, 1.82) is 0 Å². The predicted octanol–water partition coefficient (Wildman–Crippen LogP) is -1.93. The summed E-state index contributed by atoms with van der Waals surface area (Å²) in [6.45, 7) is 2.20. The van der Waals surface area contributed by atoms with Crippen LogP contribution in [0.4, 0.5) is 5.69 Å². The summed E-state index contributed by atoms with van der Waals surface area (Å²) in [7, 11) is 0. The van der Waals surface area contributed by atoms with Gasteiger partial charge in [0.2, 0.25) is 3.57 Å². The third-order valence-corrected chi connectivity index (χ3v) is 5.61. The Morgan fingerprint density at radius 1 is 1.10 bits per heavy atom. The van der Waals surface area contributed by atoms with Crippen molar-refractivity contribution in [3.8, 4) is 0 Å². The number of unbranched alkanes of at least 4 members (excludes halogenated alkanes) is 1. The highest BCUT2D eigenvalue weighted by Gasteiger charge is 2.18. The fourth-order valence-corrected chi connectivity index (χ4v) is 4.17. The van der Waals surface area contributed by atoms with Crippen molar-refractivity contribution in [3.63, 3.8) is 0 Å². The maximum atomic E-state index is 10.8. The molecule has 0 spiro atoms. The van der Waals surface area contributed by atoms with E-state index in [1.165, 1.54) is 22.0 Å². The van der Waals surface area contributed by atoms with Crippen LogP contribution in [0, 0.1) is 17.3 Å². The molecule has 0 aliphatic heterocycles. The molecule has 0 aliphatic rings. The largest absolute Gasteiger partial charge is 1.00 e. The van der Waals surface area contributed by atoms with Crippen LogP contribution in [0.3, 0.4) is 0 Å². The lowest BCUT2D eigenvalue weighted by atomic mass is 10.1. The van der Waals surface area contributed by atoms with Crippen LogP contribution >= 0.6 is 0 Å². The lowest BCUT2D eigenvalue weighted by molar-refractivity contribution is -0.597. The molecule has 5 heteroatoms. The molecule has 0 fully saturated rings. The minimum atomic E-state index is -0.344. The van der Waals surface area contributed by atoms with E-state index in [2.05, 4.69) is 31.2 Å². The van der Waals surface area contributed by atoms with Gasteiger partial charge in [0.25, 0.3) is 5.69 Å². The van der Waals surface area contributed by atoms with Gasteiger partial charge < -0.3 is 12.4 Å². The van der Waals surface area contributed by atoms with Crippen molar-refractivity contribution in [2.45, 2.75) is 26.2 Å². The first-order chi connectivity index (χ1) is 9.69. The van der Waals surface area contributed by atoms with Gasteiger partial charge in [-0.25, -0.2) is 0 Å². The molecule has 0 radical (unpaired) electrons. The molecule has 2 aromatic carbocycles. The Morgan fingerprint density at radius 2 is 1.81 bits per heavy atom. The lowest BCUT2D eigenvalue weighted by Gasteiger charge is -1.97. The van der Waals surface area contributed by atoms with E-state index in [0.29, 0.717) is 0 Å². The highest BCUT2D eigenvalue weighted by atomic mass is 127. The van der Waals surface area contributed by atoms with Gasteiger partial charge in [0.05, 0.1) is 11.0 Å². The summed E-state index contributed by atoms with van der Waals surface area (Å²) in [6, 6.07) is 15.7. The zero-order valence-corrected chi connectivity index (χ0v) is 14.7. The van der Waals surface area contributed by atoms with Crippen molar-refractivity contribution in [2.24, 2.45) is 0 Å². The van der Waals surface area contributed by atoms with Gasteiger partial charge in [-0.05, 0) is 36.6 Å². The van der Waals surface area contributed by atoms with Gasteiger partial charge in [0.15, 0.2) is 3.57 Å². The van der Waals surface area contributed by atoms with Crippen molar-refractivity contribution in [1.82, 2.24) is 0 Å². The molecule has 2 aromatic rings. The van der Waals surface area contributed by atoms with E-state index < -0.39 is 0 Å². The molecule has 0 saturated carbocycles. The first-order valence-electron chi connectivity index (χ1n) is 6.67. The van der Waals surface area contributed by atoms with Crippen LogP contribution in [0.25, 0.3) is 0 Å². The fraction of sp³-hybridized carbons (Fsp3) is 0.250. The third-order valence-electron chi connectivity index (χ3n) is 2.97. The summed E-state index contributed by atoms with van der Waals surface area (Å²) in [5.41, 5.74) is 1.56. The smallest absolute Gasteiger partial charge is 0.358 e. The molecule has 0 N–H and O–H groups in total. The van der Waals surface area contributed by atoms with Crippen LogP contribution < -0.4 is 33.6 Å². The number of rotatable bonds is 6. The van der Waals surface area contributed by atoms with Gasteiger partial charge in [-0.15, -0.1) is 0 Å². The SMILES string of the molecule is CCCCc1ccc([I+]c2cccc([N+](=O)[O-])c2)cc1.[Cl-]. The van der Waals surface area contributed by atoms with Crippen LogP contribution in [0.5, 0.6) is 0 Å². The monoisotopic (exact) mass is 417 g/mol. The van der Waals surface area contributed by atoms with Crippen LogP contribution in [0.2, 0.25) is 0 Å². The molecule has 21 heavy (non-hydrogen) atoms. The van der Waals surface area contributed by atoms with E-state index in [-0.39, 0.29) is 44.2 Å². The van der Waals surface area contributed by atoms with Gasteiger partial charge in [0, 0.05) is 6.07 Å². The number of benzene rings is 2. The summed E-state index contributed by atoms with van der Waals surface area (Å²) in [5, 5.41) is 10.8. The number of halogens is 2. The van der Waals surface area contributed by atoms with E-state index in [1.807, 2.05) is 6.07 Å². The van der Waals surface area contributed by atoms with Crippen LogP contribution in [-0.2, 0) is 6.42 Å². The first-order valence-corrected chi connectivity index (χ1v) is 8.83. The van der Waals surface area contributed by atoms with Crippen molar-refractivity contribution < 1.29 is 38.5 Å². The van der Waals surface area contributed by atoms with E-state index in [4.69, 9.17) is 0 Å². The second kappa shape index (κ2) is 9.00.